The molecule has 2 rings (SSSR count). The van der Waals surface area contributed by atoms with E-state index in [-0.39, 0.29) is 0 Å². The molecular weight excluding hydrogens is 180 g/mol. The molecule has 0 saturated heterocycles. The minimum absolute atomic E-state index is 0.541. The van der Waals surface area contributed by atoms with Crippen molar-refractivity contribution in [1.29, 1.82) is 0 Å². The molecule has 2 aromatic rings. The summed E-state index contributed by atoms with van der Waals surface area (Å²) in [5.41, 5.74) is 8.18. The molecule has 6 heteroatoms. The lowest BCUT2D eigenvalue weighted by Gasteiger charge is -2.04. The molecule has 1 heterocycles. The molecule has 0 amide bonds. The first-order valence-electron chi connectivity index (χ1n) is 4.12. The second-order valence-corrected chi connectivity index (χ2v) is 2.79. The van der Waals surface area contributed by atoms with Gasteiger partial charge in [-0.25, -0.2) is 0 Å². The lowest BCUT2D eigenvalue weighted by Crippen LogP contribution is -1.95. The summed E-state index contributed by atoms with van der Waals surface area (Å²) in [5.74, 6) is 0.541. The van der Waals surface area contributed by atoms with E-state index in [1.807, 2.05) is 19.2 Å². The van der Waals surface area contributed by atoms with Crippen LogP contribution in [-0.2, 0) is 0 Å². The highest BCUT2D eigenvalue weighted by atomic mass is 15.5. The molecule has 0 aliphatic heterocycles. The fraction of sp³-hybridized carbons (Fsp3) is 0.125. The van der Waals surface area contributed by atoms with Gasteiger partial charge in [-0.15, -0.1) is 10.2 Å². The van der Waals surface area contributed by atoms with Crippen LogP contribution in [0.2, 0.25) is 0 Å². The number of rotatable bonds is 2. The molecule has 0 unspecified atom stereocenters. The molecule has 0 fully saturated rings. The Balaban J connectivity index is 2.43. The maximum atomic E-state index is 5.79. The summed E-state index contributed by atoms with van der Waals surface area (Å²) >= 11 is 0. The first-order valence-corrected chi connectivity index (χ1v) is 4.12. The van der Waals surface area contributed by atoms with Crippen molar-refractivity contribution in [2.45, 2.75) is 0 Å². The lowest BCUT2D eigenvalue weighted by atomic mass is 10.1. The zero-order valence-corrected chi connectivity index (χ0v) is 7.65. The van der Waals surface area contributed by atoms with Crippen LogP contribution in [0.3, 0.4) is 0 Å². The van der Waals surface area contributed by atoms with Crippen LogP contribution in [-0.4, -0.2) is 27.7 Å². The van der Waals surface area contributed by atoms with E-state index in [0.29, 0.717) is 11.5 Å². The Labute approximate surface area is 80.5 Å². The Hall–Kier alpha value is -2.11. The molecule has 6 nitrogen and oxygen atoms in total. The average Bonchev–Trinajstić information content (AvgIpc) is 2.70. The zero-order valence-electron chi connectivity index (χ0n) is 7.65. The standard InChI is InChI=1S/C8H10N6/c1-10-7-3-2-5(4-6(7)9)8-11-13-14-12-8/h2-4,10H,9H2,1H3,(H,11,12,13,14). The first kappa shape index (κ1) is 8.49. The fourth-order valence-electron chi connectivity index (χ4n) is 1.21. The molecule has 72 valence electrons. The summed E-state index contributed by atoms with van der Waals surface area (Å²) in [7, 11) is 1.82. The average molecular weight is 190 g/mol. The Morgan fingerprint density at radius 2 is 2.29 bits per heavy atom. The zero-order chi connectivity index (χ0) is 9.97. The van der Waals surface area contributed by atoms with Gasteiger partial charge < -0.3 is 11.1 Å². The van der Waals surface area contributed by atoms with Crippen molar-refractivity contribution in [1.82, 2.24) is 20.6 Å². The van der Waals surface area contributed by atoms with Crippen LogP contribution in [0.4, 0.5) is 11.4 Å². The minimum atomic E-state index is 0.541. The number of anilines is 2. The predicted molar refractivity (Wildman–Crippen MR) is 53.6 cm³/mol. The van der Waals surface area contributed by atoms with Gasteiger partial charge in [0.05, 0.1) is 11.4 Å². The summed E-state index contributed by atoms with van der Waals surface area (Å²) < 4.78 is 0. The van der Waals surface area contributed by atoms with Gasteiger partial charge >= 0.3 is 0 Å². The second-order valence-electron chi connectivity index (χ2n) is 2.79. The summed E-state index contributed by atoms with van der Waals surface area (Å²) in [6.45, 7) is 0. The van der Waals surface area contributed by atoms with Gasteiger partial charge in [0.1, 0.15) is 0 Å². The van der Waals surface area contributed by atoms with E-state index in [1.54, 1.807) is 6.07 Å². The normalized spacial score (nSPS) is 10.1. The van der Waals surface area contributed by atoms with Crippen molar-refractivity contribution >= 4 is 11.4 Å². The van der Waals surface area contributed by atoms with E-state index < -0.39 is 0 Å². The number of nitrogens with two attached hydrogens (primary N) is 1. The number of nitrogens with zero attached hydrogens (tertiary/aromatic N) is 3. The molecule has 0 radical (unpaired) electrons. The number of aromatic nitrogens is 4. The topological polar surface area (TPSA) is 92.5 Å². The van der Waals surface area contributed by atoms with Gasteiger partial charge in [-0.2, -0.15) is 5.21 Å². The van der Waals surface area contributed by atoms with Crippen LogP contribution < -0.4 is 11.1 Å². The SMILES string of the molecule is CNc1ccc(-c2nn[nH]n2)cc1N. The van der Waals surface area contributed by atoms with Crippen LogP contribution in [0, 0.1) is 0 Å². The van der Waals surface area contributed by atoms with Crippen molar-refractivity contribution in [2.24, 2.45) is 0 Å². The smallest absolute Gasteiger partial charge is 0.204 e. The van der Waals surface area contributed by atoms with E-state index in [0.717, 1.165) is 11.3 Å². The maximum absolute atomic E-state index is 5.79. The molecule has 0 aliphatic rings. The molecule has 14 heavy (non-hydrogen) atoms. The van der Waals surface area contributed by atoms with Crippen LogP contribution in [0.5, 0.6) is 0 Å². The second kappa shape index (κ2) is 3.33. The highest BCUT2D eigenvalue weighted by Gasteiger charge is 2.04. The van der Waals surface area contributed by atoms with Gasteiger partial charge in [-0.3, -0.25) is 0 Å². The minimum Gasteiger partial charge on any atom is -0.397 e. The maximum Gasteiger partial charge on any atom is 0.204 e. The van der Waals surface area contributed by atoms with Crippen LogP contribution in [0.15, 0.2) is 18.2 Å². The van der Waals surface area contributed by atoms with E-state index in [9.17, 15) is 0 Å². The highest BCUT2D eigenvalue weighted by molar-refractivity contribution is 5.72. The van der Waals surface area contributed by atoms with Crippen molar-refractivity contribution in [2.75, 3.05) is 18.1 Å². The third-order valence-electron chi connectivity index (χ3n) is 1.92. The van der Waals surface area contributed by atoms with Gasteiger partial charge in [-0.05, 0) is 23.4 Å². The number of H-pyrrole nitrogens is 1. The third kappa shape index (κ3) is 1.37. The lowest BCUT2D eigenvalue weighted by molar-refractivity contribution is 0.881. The molecule has 4 N–H and O–H groups in total. The van der Waals surface area contributed by atoms with Gasteiger partial charge in [0.2, 0.25) is 5.82 Å². The van der Waals surface area contributed by atoms with Crippen molar-refractivity contribution < 1.29 is 0 Å². The number of tetrazole rings is 1. The largest absolute Gasteiger partial charge is 0.397 e. The molecule has 0 saturated carbocycles. The number of hydrogen-bond donors (Lipinski definition) is 3. The number of benzene rings is 1. The van der Waals surface area contributed by atoms with Crippen LogP contribution in [0.1, 0.15) is 0 Å². The van der Waals surface area contributed by atoms with E-state index in [1.165, 1.54) is 0 Å². The van der Waals surface area contributed by atoms with E-state index in [2.05, 4.69) is 25.9 Å². The Kier molecular flexibility index (Phi) is 2.02. The Morgan fingerprint density at radius 3 is 2.86 bits per heavy atom. The Bertz CT molecular complexity index is 421. The van der Waals surface area contributed by atoms with Crippen molar-refractivity contribution in [3.63, 3.8) is 0 Å². The number of nitrogen functional groups attached to an aromatic ring is 1. The highest BCUT2D eigenvalue weighted by Crippen LogP contribution is 2.23. The molecular formula is C8H10N6. The van der Waals surface area contributed by atoms with E-state index in [4.69, 9.17) is 5.73 Å². The first-order chi connectivity index (χ1) is 6.81. The Morgan fingerprint density at radius 1 is 1.43 bits per heavy atom. The quantitative estimate of drug-likeness (QED) is 0.599. The van der Waals surface area contributed by atoms with Crippen LogP contribution >= 0.6 is 0 Å². The van der Waals surface area contributed by atoms with E-state index >= 15 is 0 Å². The molecule has 1 aromatic heterocycles. The molecule has 0 atom stereocenters. The molecule has 0 bridgehead atoms. The fourth-order valence-corrected chi connectivity index (χ4v) is 1.21. The van der Waals surface area contributed by atoms with Gasteiger partial charge in [-0.1, -0.05) is 0 Å². The molecule has 0 spiro atoms. The third-order valence-corrected chi connectivity index (χ3v) is 1.92. The van der Waals surface area contributed by atoms with Gasteiger partial charge in [0, 0.05) is 12.6 Å². The number of hydrogen-bond acceptors (Lipinski definition) is 5. The number of aromatic amines is 1. The molecule has 1 aromatic carbocycles. The van der Waals surface area contributed by atoms with Gasteiger partial charge in [0.15, 0.2) is 0 Å². The predicted octanol–water partition coefficient (Wildman–Crippen LogP) is 0.491. The summed E-state index contributed by atoms with van der Waals surface area (Å²) in [6, 6.07) is 5.56. The molecule has 0 aliphatic carbocycles. The summed E-state index contributed by atoms with van der Waals surface area (Å²) in [5, 5.41) is 16.6. The summed E-state index contributed by atoms with van der Waals surface area (Å²) in [4.78, 5) is 0. The van der Waals surface area contributed by atoms with Gasteiger partial charge in [0.25, 0.3) is 0 Å². The van der Waals surface area contributed by atoms with Crippen LogP contribution in [0.25, 0.3) is 11.4 Å². The monoisotopic (exact) mass is 190 g/mol. The summed E-state index contributed by atoms with van der Waals surface area (Å²) in [6.07, 6.45) is 0. The van der Waals surface area contributed by atoms with Crippen molar-refractivity contribution in [3.05, 3.63) is 18.2 Å². The number of nitrogens with one attached hydrogen (secondary N) is 2. The van der Waals surface area contributed by atoms with Crippen molar-refractivity contribution in [3.8, 4) is 11.4 Å².